The molecule has 2 aromatic heterocycles. The Balaban J connectivity index is 1.54. The lowest BCUT2D eigenvalue weighted by Gasteiger charge is -2.28. The van der Waals surface area contributed by atoms with Crippen LogP contribution in [0, 0.1) is 11.7 Å². The Morgan fingerprint density at radius 2 is 2.31 bits per heavy atom. The van der Waals surface area contributed by atoms with Crippen molar-refractivity contribution in [3.63, 3.8) is 0 Å². The van der Waals surface area contributed by atoms with E-state index in [1.165, 1.54) is 18.5 Å². The number of fused-ring (bicyclic) bond motifs is 1. The highest BCUT2D eigenvalue weighted by molar-refractivity contribution is 5.79. The lowest BCUT2D eigenvalue weighted by Crippen LogP contribution is -2.40. The molecule has 1 aromatic carbocycles. The molecular formula is C18H18FN5O2. The topological polar surface area (TPSA) is 77.0 Å². The van der Waals surface area contributed by atoms with E-state index in [1.807, 2.05) is 6.92 Å². The van der Waals surface area contributed by atoms with Gasteiger partial charge in [-0.1, -0.05) is 24.2 Å². The molecule has 1 aliphatic rings. The van der Waals surface area contributed by atoms with Crippen LogP contribution in [0.3, 0.4) is 0 Å². The van der Waals surface area contributed by atoms with Gasteiger partial charge in [0, 0.05) is 24.1 Å². The summed E-state index contributed by atoms with van der Waals surface area (Å²) in [4.78, 5) is 18.5. The van der Waals surface area contributed by atoms with Crippen LogP contribution in [0.1, 0.15) is 18.2 Å². The van der Waals surface area contributed by atoms with Crippen LogP contribution in [-0.4, -0.2) is 37.3 Å². The van der Waals surface area contributed by atoms with Gasteiger partial charge in [-0.3, -0.25) is 9.48 Å². The molecule has 0 radical (unpaired) electrons. The van der Waals surface area contributed by atoms with Crippen molar-refractivity contribution in [3.05, 3.63) is 54.1 Å². The fourth-order valence-corrected chi connectivity index (χ4v) is 3.26. The molecule has 26 heavy (non-hydrogen) atoms. The summed E-state index contributed by atoms with van der Waals surface area (Å²) in [7, 11) is 0. The zero-order valence-electron chi connectivity index (χ0n) is 14.3. The molecule has 4 rings (SSSR count). The van der Waals surface area contributed by atoms with E-state index < -0.39 is 0 Å². The Labute approximate surface area is 149 Å². The van der Waals surface area contributed by atoms with Crippen LogP contribution in [0.2, 0.25) is 0 Å². The van der Waals surface area contributed by atoms with E-state index >= 15 is 0 Å². The number of carbonyl (C=O) groups excluding carboxylic acids is 1. The molecule has 1 atom stereocenters. The lowest BCUT2D eigenvalue weighted by atomic mass is 10.00. The summed E-state index contributed by atoms with van der Waals surface area (Å²) in [6.45, 7) is 3.33. The molecule has 7 nitrogen and oxygen atoms in total. The molecule has 0 fully saturated rings. The van der Waals surface area contributed by atoms with Crippen LogP contribution in [0.5, 0.6) is 0 Å². The quantitative estimate of drug-likeness (QED) is 0.718. The second kappa shape index (κ2) is 6.70. The Morgan fingerprint density at radius 3 is 3.08 bits per heavy atom. The minimum atomic E-state index is -0.329. The number of hydrogen-bond donors (Lipinski definition) is 0. The summed E-state index contributed by atoms with van der Waals surface area (Å²) in [5.74, 6) is 0.245. The number of nitrogens with zero attached hydrogens (tertiary/aromatic N) is 5. The molecule has 0 N–H and O–H groups in total. The van der Waals surface area contributed by atoms with Crippen LogP contribution < -0.4 is 0 Å². The zero-order valence-corrected chi connectivity index (χ0v) is 14.3. The van der Waals surface area contributed by atoms with Gasteiger partial charge in [0.25, 0.3) is 0 Å². The molecule has 0 aliphatic carbocycles. The van der Waals surface area contributed by atoms with E-state index in [0.29, 0.717) is 37.3 Å². The van der Waals surface area contributed by atoms with Crippen molar-refractivity contribution in [3.8, 4) is 11.3 Å². The third-order valence-electron chi connectivity index (χ3n) is 4.59. The molecule has 0 saturated heterocycles. The van der Waals surface area contributed by atoms with Crippen molar-refractivity contribution in [1.29, 1.82) is 0 Å². The first-order valence-corrected chi connectivity index (χ1v) is 8.46. The van der Waals surface area contributed by atoms with Crippen LogP contribution in [0.15, 0.2) is 41.4 Å². The Kier molecular flexibility index (Phi) is 4.24. The Hall–Kier alpha value is -3.03. The number of rotatable bonds is 4. The number of carbonyl (C=O) groups is 1. The second-order valence-electron chi connectivity index (χ2n) is 6.47. The van der Waals surface area contributed by atoms with E-state index in [9.17, 15) is 9.18 Å². The first kappa shape index (κ1) is 16.4. The highest BCUT2D eigenvalue weighted by Gasteiger charge is 2.29. The van der Waals surface area contributed by atoms with E-state index in [2.05, 4.69) is 15.2 Å². The Bertz CT molecular complexity index is 922. The van der Waals surface area contributed by atoms with Crippen LogP contribution >= 0.6 is 0 Å². The number of halogens is 1. The fourth-order valence-electron chi connectivity index (χ4n) is 3.26. The van der Waals surface area contributed by atoms with Crippen molar-refractivity contribution in [2.45, 2.75) is 26.4 Å². The standard InChI is InChI=1S/C18H18FN5O2/c1-12(8-24-11-20-10-21-24)18(25)23-6-5-16-15(9-23)17(22-26-16)13-3-2-4-14(19)7-13/h2-4,7,10-12H,5-6,8-9H2,1H3/t12-/m1/s1. The van der Waals surface area contributed by atoms with E-state index in [0.717, 1.165) is 11.3 Å². The van der Waals surface area contributed by atoms with E-state index in [4.69, 9.17) is 4.52 Å². The minimum absolute atomic E-state index is 0.0394. The summed E-state index contributed by atoms with van der Waals surface area (Å²) in [6, 6.07) is 6.23. The maximum Gasteiger partial charge on any atom is 0.227 e. The lowest BCUT2D eigenvalue weighted by molar-refractivity contribution is -0.136. The second-order valence-corrected chi connectivity index (χ2v) is 6.47. The molecule has 1 aliphatic heterocycles. The minimum Gasteiger partial charge on any atom is -0.360 e. The molecule has 3 heterocycles. The maximum atomic E-state index is 13.5. The molecule has 0 spiro atoms. The number of hydrogen-bond acceptors (Lipinski definition) is 5. The Morgan fingerprint density at radius 1 is 1.42 bits per heavy atom. The van der Waals surface area contributed by atoms with Gasteiger partial charge in [-0.05, 0) is 12.1 Å². The molecule has 134 valence electrons. The highest BCUT2D eigenvalue weighted by Crippen LogP contribution is 2.30. The predicted molar refractivity (Wildman–Crippen MR) is 90.2 cm³/mol. The normalized spacial score (nSPS) is 14.9. The number of aromatic nitrogens is 4. The largest absolute Gasteiger partial charge is 0.360 e. The van der Waals surface area contributed by atoms with Gasteiger partial charge < -0.3 is 9.42 Å². The average molecular weight is 355 g/mol. The third kappa shape index (κ3) is 3.10. The van der Waals surface area contributed by atoms with Gasteiger partial charge in [0.15, 0.2) is 0 Å². The number of amides is 1. The SMILES string of the molecule is C[C@H](Cn1cncn1)C(=O)N1CCc2onc(-c3cccc(F)c3)c2C1. The van der Waals surface area contributed by atoms with Gasteiger partial charge in [0.05, 0.1) is 19.0 Å². The van der Waals surface area contributed by atoms with E-state index in [-0.39, 0.29) is 17.6 Å². The summed E-state index contributed by atoms with van der Waals surface area (Å²) in [6.07, 6.45) is 3.65. The van der Waals surface area contributed by atoms with Crippen molar-refractivity contribution in [2.75, 3.05) is 6.54 Å². The highest BCUT2D eigenvalue weighted by atomic mass is 19.1. The van der Waals surface area contributed by atoms with Crippen LogP contribution in [0.25, 0.3) is 11.3 Å². The third-order valence-corrected chi connectivity index (χ3v) is 4.59. The summed E-state index contributed by atoms with van der Waals surface area (Å²) in [5.41, 5.74) is 2.10. The van der Waals surface area contributed by atoms with Gasteiger partial charge in [-0.15, -0.1) is 0 Å². The smallest absolute Gasteiger partial charge is 0.227 e. The summed E-state index contributed by atoms with van der Waals surface area (Å²) >= 11 is 0. The molecule has 0 saturated carbocycles. The van der Waals surface area contributed by atoms with Crippen molar-refractivity contribution in [1.82, 2.24) is 24.8 Å². The van der Waals surface area contributed by atoms with Gasteiger partial charge in [0.2, 0.25) is 5.91 Å². The van der Waals surface area contributed by atoms with Gasteiger partial charge >= 0.3 is 0 Å². The van der Waals surface area contributed by atoms with Gasteiger partial charge in [-0.2, -0.15) is 5.10 Å². The van der Waals surface area contributed by atoms with Crippen LogP contribution in [-0.2, 0) is 24.3 Å². The maximum absolute atomic E-state index is 13.5. The molecular weight excluding hydrogens is 337 g/mol. The predicted octanol–water partition coefficient (Wildman–Crippen LogP) is 2.29. The summed E-state index contributed by atoms with van der Waals surface area (Å²) in [5, 5.41) is 8.15. The number of benzene rings is 1. The monoisotopic (exact) mass is 355 g/mol. The molecule has 0 unspecified atom stereocenters. The fraction of sp³-hybridized carbons (Fsp3) is 0.333. The first-order chi connectivity index (χ1) is 12.6. The van der Waals surface area contributed by atoms with Crippen molar-refractivity contribution in [2.24, 2.45) is 5.92 Å². The van der Waals surface area contributed by atoms with Gasteiger partial charge in [0.1, 0.15) is 29.9 Å². The van der Waals surface area contributed by atoms with Crippen molar-refractivity contribution >= 4 is 5.91 Å². The van der Waals surface area contributed by atoms with E-state index in [1.54, 1.807) is 28.0 Å². The summed E-state index contributed by atoms with van der Waals surface area (Å²) < 4.78 is 20.6. The van der Waals surface area contributed by atoms with Crippen molar-refractivity contribution < 1.29 is 13.7 Å². The average Bonchev–Trinajstić information content (AvgIpc) is 3.30. The zero-order chi connectivity index (χ0) is 18.1. The van der Waals surface area contributed by atoms with Gasteiger partial charge in [-0.25, -0.2) is 9.37 Å². The van der Waals surface area contributed by atoms with Crippen LogP contribution in [0.4, 0.5) is 4.39 Å². The first-order valence-electron chi connectivity index (χ1n) is 8.46. The molecule has 3 aromatic rings. The molecule has 0 bridgehead atoms. The molecule has 1 amide bonds. The molecule has 8 heteroatoms.